The second kappa shape index (κ2) is 10.3. The molecule has 190 valence electrons. The maximum atomic E-state index is 13.6. The van der Waals surface area contributed by atoms with E-state index in [1.54, 1.807) is 30.0 Å². The zero-order valence-corrected chi connectivity index (χ0v) is 21.0. The molecular formula is C23H25ClN6O6. The first-order valence-corrected chi connectivity index (χ1v) is 11.4. The van der Waals surface area contributed by atoms with E-state index in [0.717, 1.165) is 0 Å². The van der Waals surface area contributed by atoms with Crippen molar-refractivity contribution in [3.63, 3.8) is 0 Å². The summed E-state index contributed by atoms with van der Waals surface area (Å²) >= 11 is 6.29. The van der Waals surface area contributed by atoms with Crippen molar-refractivity contribution in [2.75, 3.05) is 52.4 Å². The smallest absolute Gasteiger partial charge is 0.274 e. The molecule has 1 amide bonds. The molecule has 2 aromatic carbocycles. The van der Waals surface area contributed by atoms with Gasteiger partial charge in [-0.3, -0.25) is 14.9 Å². The molecule has 1 aliphatic rings. The Kier molecular flexibility index (Phi) is 7.15. The van der Waals surface area contributed by atoms with Crippen molar-refractivity contribution >= 4 is 28.9 Å². The van der Waals surface area contributed by atoms with Crippen molar-refractivity contribution in [3.05, 3.63) is 56.9 Å². The number of carbonyl (C=O) groups excluding carboxylic acids is 1. The number of non-ortho nitro benzene ring substituents is 1. The van der Waals surface area contributed by atoms with Gasteiger partial charge in [0, 0.05) is 50.4 Å². The SMILES string of the molecule is COc1cc(-n2nnc(C)c2C(=O)N2CCN(c3ccc([N+](=O)[O-])cc3Cl)CC2)cc(OC)c1OC. The van der Waals surface area contributed by atoms with Gasteiger partial charge in [-0.1, -0.05) is 16.8 Å². The fraction of sp³-hybridized carbons (Fsp3) is 0.348. The number of amides is 1. The van der Waals surface area contributed by atoms with E-state index in [1.807, 2.05) is 4.90 Å². The Morgan fingerprint density at radius 3 is 2.19 bits per heavy atom. The lowest BCUT2D eigenvalue weighted by Crippen LogP contribution is -2.49. The summed E-state index contributed by atoms with van der Waals surface area (Å²) in [6, 6.07) is 7.77. The molecule has 1 fully saturated rings. The van der Waals surface area contributed by atoms with Gasteiger partial charge in [0.1, 0.15) is 0 Å². The van der Waals surface area contributed by atoms with Gasteiger partial charge in [-0.25, -0.2) is 4.68 Å². The Labute approximate surface area is 212 Å². The first kappa shape index (κ1) is 25.0. The number of halogens is 1. The first-order valence-electron chi connectivity index (χ1n) is 11.0. The van der Waals surface area contributed by atoms with Gasteiger partial charge in [0.05, 0.1) is 48.3 Å². The average Bonchev–Trinajstić information content (AvgIpc) is 3.28. The number of aryl methyl sites for hydroxylation is 1. The number of rotatable bonds is 7. The molecule has 12 nitrogen and oxygen atoms in total. The highest BCUT2D eigenvalue weighted by molar-refractivity contribution is 6.33. The minimum Gasteiger partial charge on any atom is -0.493 e. The predicted molar refractivity (Wildman–Crippen MR) is 132 cm³/mol. The lowest BCUT2D eigenvalue weighted by atomic mass is 10.2. The van der Waals surface area contributed by atoms with Crippen LogP contribution in [0.4, 0.5) is 11.4 Å². The van der Waals surface area contributed by atoms with Gasteiger partial charge in [0.15, 0.2) is 17.2 Å². The van der Waals surface area contributed by atoms with Crippen LogP contribution in [0.2, 0.25) is 5.02 Å². The average molecular weight is 517 g/mol. The van der Waals surface area contributed by atoms with E-state index in [0.29, 0.717) is 71.2 Å². The molecule has 1 aromatic heterocycles. The summed E-state index contributed by atoms with van der Waals surface area (Å²) in [5, 5.41) is 19.6. The van der Waals surface area contributed by atoms with Crippen LogP contribution in [-0.4, -0.2) is 78.2 Å². The summed E-state index contributed by atoms with van der Waals surface area (Å²) in [5.41, 5.74) is 1.96. The number of nitro benzene ring substituents is 1. The van der Waals surface area contributed by atoms with Gasteiger partial charge in [0.25, 0.3) is 11.6 Å². The summed E-state index contributed by atoms with van der Waals surface area (Å²) in [6.07, 6.45) is 0. The number of hydrogen-bond donors (Lipinski definition) is 0. The highest BCUT2D eigenvalue weighted by Crippen LogP contribution is 2.39. The number of nitrogens with zero attached hydrogens (tertiary/aromatic N) is 6. The number of piperazine rings is 1. The lowest BCUT2D eigenvalue weighted by molar-refractivity contribution is -0.384. The Hall–Kier alpha value is -4.06. The number of benzene rings is 2. The van der Waals surface area contributed by atoms with Gasteiger partial charge in [-0.15, -0.1) is 5.10 Å². The zero-order valence-electron chi connectivity index (χ0n) is 20.2. The van der Waals surface area contributed by atoms with Crippen LogP contribution in [0, 0.1) is 17.0 Å². The van der Waals surface area contributed by atoms with Crippen LogP contribution in [0.25, 0.3) is 5.69 Å². The van der Waals surface area contributed by atoms with Gasteiger partial charge >= 0.3 is 0 Å². The van der Waals surface area contributed by atoms with Crippen LogP contribution in [0.3, 0.4) is 0 Å². The third-order valence-corrected chi connectivity index (χ3v) is 6.29. The third kappa shape index (κ3) is 4.59. The minimum atomic E-state index is -0.486. The molecule has 3 aromatic rings. The molecule has 4 rings (SSSR count). The molecule has 0 spiro atoms. The van der Waals surface area contributed by atoms with Crippen LogP contribution in [0.1, 0.15) is 16.2 Å². The fourth-order valence-electron chi connectivity index (χ4n) is 4.14. The molecular weight excluding hydrogens is 492 g/mol. The number of hydrogen-bond acceptors (Lipinski definition) is 9. The lowest BCUT2D eigenvalue weighted by Gasteiger charge is -2.36. The Morgan fingerprint density at radius 2 is 1.67 bits per heavy atom. The molecule has 0 unspecified atom stereocenters. The van der Waals surface area contributed by atoms with E-state index < -0.39 is 4.92 Å². The standard InChI is InChI=1S/C23H25ClN6O6/c1-14-21(29(26-25-14)16-12-19(34-2)22(36-4)20(13-16)35-3)23(31)28-9-7-27(8-10-28)18-6-5-15(30(32)33)11-17(18)24/h5-6,11-13H,7-10H2,1-4H3. The minimum absolute atomic E-state index is 0.0689. The van der Waals surface area contributed by atoms with Gasteiger partial charge in [-0.2, -0.15) is 0 Å². The second-order valence-corrected chi connectivity index (χ2v) is 8.40. The van der Waals surface area contributed by atoms with Crippen molar-refractivity contribution in [2.24, 2.45) is 0 Å². The summed E-state index contributed by atoms with van der Waals surface area (Å²) < 4.78 is 17.7. The van der Waals surface area contributed by atoms with E-state index >= 15 is 0 Å². The molecule has 0 bridgehead atoms. The number of carbonyl (C=O) groups is 1. The molecule has 1 aliphatic heterocycles. The van der Waals surface area contributed by atoms with E-state index in [1.165, 1.54) is 38.1 Å². The largest absolute Gasteiger partial charge is 0.493 e. The van der Waals surface area contributed by atoms with Crippen molar-refractivity contribution in [1.82, 2.24) is 19.9 Å². The summed E-state index contributed by atoms with van der Waals surface area (Å²) in [6.45, 7) is 3.59. The van der Waals surface area contributed by atoms with Crippen LogP contribution in [0.5, 0.6) is 17.2 Å². The van der Waals surface area contributed by atoms with E-state index in [4.69, 9.17) is 25.8 Å². The highest BCUT2D eigenvalue weighted by Gasteiger charge is 2.29. The molecule has 13 heteroatoms. The van der Waals surface area contributed by atoms with Crippen LogP contribution in [-0.2, 0) is 0 Å². The van der Waals surface area contributed by atoms with Gasteiger partial charge in [0.2, 0.25) is 5.75 Å². The topological polar surface area (TPSA) is 125 Å². The Bertz CT molecular complexity index is 1280. The molecule has 0 aliphatic carbocycles. The molecule has 0 N–H and O–H groups in total. The van der Waals surface area contributed by atoms with E-state index in [2.05, 4.69) is 10.3 Å². The monoisotopic (exact) mass is 516 g/mol. The van der Waals surface area contributed by atoms with Crippen LogP contribution >= 0.6 is 11.6 Å². The van der Waals surface area contributed by atoms with Crippen molar-refractivity contribution in [1.29, 1.82) is 0 Å². The second-order valence-electron chi connectivity index (χ2n) is 7.99. The fourth-order valence-corrected chi connectivity index (χ4v) is 4.43. The first-order chi connectivity index (χ1) is 17.3. The molecule has 0 saturated carbocycles. The van der Waals surface area contributed by atoms with E-state index in [9.17, 15) is 14.9 Å². The van der Waals surface area contributed by atoms with Crippen molar-refractivity contribution < 1.29 is 23.9 Å². The molecule has 0 atom stereocenters. The highest BCUT2D eigenvalue weighted by atomic mass is 35.5. The van der Waals surface area contributed by atoms with E-state index in [-0.39, 0.29) is 11.6 Å². The summed E-state index contributed by atoms with van der Waals surface area (Å²) in [7, 11) is 4.53. The Balaban J connectivity index is 1.57. The maximum absolute atomic E-state index is 13.6. The van der Waals surface area contributed by atoms with Crippen LogP contribution in [0.15, 0.2) is 30.3 Å². The summed E-state index contributed by atoms with van der Waals surface area (Å²) in [5.74, 6) is 1.05. The van der Waals surface area contributed by atoms with Crippen molar-refractivity contribution in [3.8, 4) is 22.9 Å². The number of methoxy groups -OCH3 is 3. The molecule has 1 saturated heterocycles. The number of ether oxygens (including phenoxy) is 3. The quantitative estimate of drug-likeness (QED) is 0.344. The Morgan fingerprint density at radius 1 is 1.03 bits per heavy atom. The number of anilines is 1. The van der Waals surface area contributed by atoms with Gasteiger partial charge in [-0.05, 0) is 13.0 Å². The number of nitro groups is 1. The third-order valence-electron chi connectivity index (χ3n) is 5.98. The normalized spacial score (nSPS) is 13.5. The van der Waals surface area contributed by atoms with Gasteiger partial charge < -0.3 is 24.0 Å². The molecule has 0 radical (unpaired) electrons. The number of aromatic nitrogens is 3. The zero-order chi connectivity index (χ0) is 26.0. The summed E-state index contributed by atoms with van der Waals surface area (Å²) in [4.78, 5) is 27.8. The van der Waals surface area contributed by atoms with Crippen molar-refractivity contribution in [2.45, 2.75) is 6.92 Å². The molecule has 2 heterocycles. The molecule has 36 heavy (non-hydrogen) atoms. The van der Waals surface area contributed by atoms with Crippen LogP contribution < -0.4 is 19.1 Å². The maximum Gasteiger partial charge on any atom is 0.274 e. The predicted octanol–water partition coefficient (Wildman–Crippen LogP) is 3.13.